The average molecular weight is 246 g/mol. The average Bonchev–Trinajstić information content (AvgIpc) is 2.78. The van der Waals surface area contributed by atoms with Gasteiger partial charge in [-0.3, -0.25) is 4.79 Å². The van der Waals surface area contributed by atoms with Gasteiger partial charge in [0.25, 0.3) is 0 Å². The fourth-order valence-corrected chi connectivity index (χ4v) is 2.47. The zero-order valence-corrected chi connectivity index (χ0v) is 11.1. The molecular weight excluding hydrogens is 224 g/mol. The molecule has 0 bridgehead atoms. The summed E-state index contributed by atoms with van der Waals surface area (Å²) in [5.74, 6) is 0.218. The number of nitrogens with one attached hydrogen (secondary N) is 1. The lowest BCUT2D eigenvalue weighted by atomic mass is 9.99. The molecule has 0 saturated heterocycles. The molecule has 1 aliphatic carbocycles. The van der Waals surface area contributed by atoms with Crippen LogP contribution in [0.25, 0.3) is 0 Å². The van der Waals surface area contributed by atoms with E-state index in [9.17, 15) is 4.79 Å². The minimum atomic E-state index is -0.390. The maximum absolute atomic E-state index is 12.0. The van der Waals surface area contributed by atoms with Crippen LogP contribution in [-0.2, 0) is 17.6 Å². The van der Waals surface area contributed by atoms with Crippen molar-refractivity contribution >= 4 is 5.91 Å². The summed E-state index contributed by atoms with van der Waals surface area (Å²) in [5, 5.41) is 3.08. The van der Waals surface area contributed by atoms with E-state index in [-0.39, 0.29) is 17.9 Å². The molecule has 98 valence electrons. The van der Waals surface area contributed by atoms with Gasteiger partial charge in [-0.25, -0.2) is 0 Å². The standard InChI is InChI=1S/C15H22N2O/c1-3-10(2)14(16)15(18)17-13-8-11-6-4-5-7-12(11)9-13/h4-7,10,13-14H,3,8-9,16H2,1-2H3,(H,17,18)/t10?,14-/m0/s1. The lowest BCUT2D eigenvalue weighted by Gasteiger charge is -2.20. The molecule has 2 atom stereocenters. The Bertz CT molecular complexity index is 405. The van der Waals surface area contributed by atoms with Crippen molar-refractivity contribution in [2.75, 3.05) is 0 Å². The highest BCUT2D eigenvalue weighted by Gasteiger charge is 2.26. The maximum Gasteiger partial charge on any atom is 0.237 e. The molecule has 1 aromatic carbocycles. The number of rotatable bonds is 4. The van der Waals surface area contributed by atoms with Gasteiger partial charge in [-0.05, 0) is 29.9 Å². The van der Waals surface area contributed by atoms with Crippen molar-refractivity contribution in [2.24, 2.45) is 11.7 Å². The highest BCUT2D eigenvalue weighted by Crippen LogP contribution is 2.21. The molecule has 3 nitrogen and oxygen atoms in total. The van der Waals surface area contributed by atoms with E-state index in [2.05, 4.69) is 24.4 Å². The van der Waals surface area contributed by atoms with Gasteiger partial charge in [-0.2, -0.15) is 0 Å². The van der Waals surface area contributed by atoms with Gasteiger partial charge in [-0.15, -0.1) is 0 Å². The molecule has 0 radical (unpaired) electrons. The van der Waals surface area contributed by atoms with E-state index >= 15 is 0 Å². The van der Waals surface area contributed by atoms with Gasteiger partial charge in [0.05, 0.1) is 6.04 Å². The van der Waals surface area contributed by atoms with Crippen molar-refractivity contribution in [1.29, 1.82) is 0 Å². The van der Waals surface area contributed by atoms with Crippen molar-refractivity contribution < 1.29 is 4.79 Å². The lowest BCUT2D eigenvalue weighted by Crippen LogP contribution is -2.48. The second-order valence-electron chi connectivity index (χ2n) is 5.29. The summed E-state index contributed by atoms with van der Waals surface area (Å²) < 4.78 is 0. The van der Waals surface area contributed by atoms with Crippen molar-refractivity contribution in [3.8, 4) is 0 Å². The Kier molecular flexibility index (Phi) is 4.02. The summed E-state index contributed by atoms with van der Waals surface area (Å²) >= 11 is 0. The first-order chi connectivity index (χ1) is 8.61. The zero-order chi connectivity index (χ0) is 13.1. The Morgan fingerprint density at radius 1 is 1.39 bits per heavy atom. The van der Waals surface area contributed by atoms with Crippen LogP contribution < -0.4 is 11.1 Å². The van der Waals surface area contributed by atoms with Gasteiger partial charge in [0, 0.05) is 6.04 Å². The monoisotopic (exact) mass is 246 g/mol. The third kappa shape index (κ3) is 2.72. The summed E-state index contributed by atoms with van der Waals surface area (Å²) in [6.45, 7) is 4.08. The molecule has 0 spiro atoms. The van der Waals surface area contributed by atoms with E-state index in [1.807, 2.05) is 19.1 Å². The van der Waals surface area contributed by atoms with Crippen LogP contribution in [-0.4, -0.2) is 18.0 Å². The number of carbonyl (C=O) groups is 1. The molecule has 3 N–H and O–H groups in total. The van der Waals surface area contributed by atoms with Gasteiger partial charge >= 0.3 is 0 Å². The Balaban J connectivity index is 1.92. The maximum atomic E-state index is 12.0. The number of fused-ring (bicyclic) bond motifs is 1. The number of hydrogen-bond acceptors (Lipinski definition) is 2. The van der Waals surface area contributed by atoms with Crippen LogP contribution in [0.1, 0.15) is 31.4 Å². The molecule has 1 amide bonds. The zero-order valence-electron chi connectivity index (χ0n) is 11.1. The summed E-state index contributed by atoms with van der Waals surface area (Å²) in [6, 6.07) is 8.19. The molecule has 3 heteroatoms. The topological polar surface area (TPSA) is 55.1 Å². The Labute approximate surface area is 109 Å². The third-order valence-electron chi connectivity index (χ3n) is 3.96. The van der Waals surface area contributed by atoms with Crippen LogP contribution >= 0.6 is 0 Å². The summed E-state index contributed by atoms with van der Waals surface area (Å²) in [7, 11) is 0. The van der Waals surface area contributed by atoms with Crippen LogP contribution in [0.15, 0.2) is 24.3 Å². The van der Waals surface area contributed by atoms with Crippen molar-refractivity contribution in [2.45, 2.75) is 45.2 Å². The van der Waals surface area contributed by atoms with E-state index in [0.29, 0.717) is 0 Å². The molecule has 0 fully saturated rings. The fraction of sp³-hybridized carbons (Fsp3) is 0.533. The summed E-state index contributed by atoms with van der Waals surface area (Å²) in [6.07, 6.45) is 2.78. The number of benzene rings is 1. The van der Waals surface area contributed by atoms with Crippen molar-refractivity contribution in [3.63, 3.8) is 0 Å². The second kappa shape index (κ2) is 5.53. The molecular formula is C15H22N2O. The molecule has 1 aliphatic rings. The minimum absolute atomic E-state index is 0.0119. The molecule has 0 aliphatic heterocycles. The summed E-state index contributed by atoms with van der Waals surface area (Å²) in [4.78, 5) is 12.0. The van der Waals surface area contributed by atoms with Gasteiger partial charge in [0.15, 0.2) is 0 Å². The van der Waals surface area contributed by atoms with Crippen LogP contribution in [0, 0.1) is 5.92 Å². The Hall–Kier alpha value is -1.35. The first-order valence-corrected chi connectivity index (χ1v) is 6.74. The van der Waals surface area contributed by atoms with Crippen LogP contribution in [0.5, 0.6) is 0 Å². The predicted octanol–water partition coefficient (Wildman–Crippen LogP) is 1.64. The molecule has 0 aromatic heterocycles. The highest BCUT2D eigenvalue weighted by atomic mass is 16.2. The molecule has 0 saturated carbocycles. The SMILES string of the molecule is CCC(C)[C@H](N)C(=O)NC1Cc2ccccc2C1. The first-order valence-electron chi connectivity index (χ1n) is 6.74. The largest absolute Gasteiger partial charge is 0.351 e. The van der Waals surface area contributed by atoms with Crippen LogP contribution in [0.4, 0.5) is 0 Å². The van der Waals surface area contributed by atoms with Gasteiger partial charge < -0.3 is 11.1 Å². The highest BCUT2D eigenvalue weighted by molar-refractivity contribution is 5.82. The number of carbonyl (C=O) groups excluding carboxylic acids is 1. The lowest BCUT2D eigenvalue weighted by molar-refractivity contribution is -0.124. The normalized spacial score (nSPS) is 18.2. The second-order valence-corrected chi connectivity index (χ2v) is 5.29. The van der Waals surface area contributed by atoms with Crippen molar-refractivity contribution in [3.05, 3.63) is 35.4 Å². The van der Waals surface area contributed by atoms with E-state index in [4.69, 9.17) is 5.73 Å². The first kappa shape index (κ1) is 13.1. The van der Waals surface area contributed by atoms with Gasteiger partial charge in [-0.1, -0.05) is 44.5 Å². The number of amides is 1. The smallest absolute Gasteiger partial charge is 0.237 e. The van der Waals surface area contributed by atoms with E-state index in [1.54, 1.807) is 0 Å². The molecule has 0 heterocycles. The predicted molar refractivity (Wildman–Crippen MR) is 73.2 cm³/mol. The van der Waals surface area contributed by atoms with E-state index in [0.717, 1.165) is 19.3 Å². The van der Waals surface area contributed by atoms with Gasteiger partial charge in [0.2, 0.25) is 5.91 Å². The number of nitrogens with two attached hydrogens (primary N) is 1. The molecule has 18 heavy (non-hydrogen) atoms. The van der Waals surface area contributed by atoms with Crippen LogP contribution in [0.2, 0.25) is 0 Å². The van der Waals surface area contributed by atoms with Crippen molar-refractivity contribution in [1.82, 2.24) is 5.32 Å². The van der Waals surface area contributed by atoms with E-state index < -0.39 is 6.04 Å². The third-order valence-corrected chi connectivity index (χ3v) is 3.96. The van der Waals surface area contributed by atoms with E-state index in [1.165, 1.54) is 11.1 Å². The fourth-order valence-electron chi connectivity index (χ4n) is 2.47. The van der Waals surface area contributed by atoms with Gasteiger partial charge in [0.1, 0.15) is 0 Å². The quantitative estimate of drug-likeness (QED) is 0.848. The molecule has 1 aromatic rings. The number of hydrogen-bond donors (Lipinski definition) is 2. The molecule has 1 unspecified atom stereocenters. The Morgan fingerprint density at radius 3 is 2.44 bits per heavy atom. The van der Waals surface area contributed by atoms with Crippen LogP contribution in [0.3, 0.4) is 0 Å². The molecule has 2 rings (SSSR count). The summed E-state index contributed by atoms with van der Waals surface area (Å²) in [5.41, 5.74) is 8.64. The minimum Gasteiger partial charge on any atom is -0.351 e. The Morgan fingerprint density at radius 2 is 1.94 bits per heavy atom.